The maximum absolute atomic E-state index is 11.6. The minimum absolute atomic E-state index is 0.0659. The second-order valence-electron chi connectivity index (χ2n) is 4.52. The molecular weight excluding hydrogens is 298 g/mol. The van der Waals surface area contributed by atoms with E-state index in [-0.39, 0.29) is 5.91 Å². The molecule has 1 N–H and O–H groups in total. The number of ether oxygens (including phenoxy) is 2. The van der Waals surface area contributed by atoms with Gasteiger partial charge in [-0.2, -0.15) is 0 Å². The summed E-state index contributed by atoms with van der Waals surface area (Å²) in [7, 11) is 3.20. The van der Waals surface area contributed by atoms with Gasteiger partial charge in [0.1, 0.15) is 11.5 Å². The maximum Gasteiger partial charge on any atom is 0.224 e. The molecular formula is C17H19NO3S. The van der Waals surface area contributed by atoms with Crippen LogP contribution in [-0.4, -0.2) is 20.1 Å². The lowest BCUT2D eigenvalue weighted by atomic mass is 10.2. The van der Waals surface area contributed by atoms with Crippen LogP contribution in [0, 0.1) is 0 Å². The van der Waals surface area contributed by atoms with Crippen molar-refractivity contribution in [2.24, 2.45) is 0 Å². The molecule has 0 aromatic heterocycles. The average molecular weight is 317 g/mol. The predicted octanol–water partition coefficient (Wildman–Crippen LogP) is 4.20. The zero-order valence-corrected chi connectivity index (χ0v) is 13.7. The van der Waals surface area contributed by atoms with E-state index in [1.807, 2.05) is 36.4 Å². The SMILES string of the molecule is CCC(=O)Nc1cc(OC)c(Sc2ccccc2)cc1OC. The number of carbonyl (C=O) groups is 1. The van der Waals surface area contributed by atoms with Gasteiger partial charge in [0.05, 0.1) is 24.8 Å². The number of amides is 1. The quantitative estimate of drug-likeness (QED) is 0.867. The van der Waals surface area contributed by atoms with Crippen molar-refractivity contribution in [3.63, 3.8) is 0 Å². The highest BCUT2D eigenvalue weighted by molar-refractivity contribution is 7.99. The number of anilines is 1. The molecule has 0 atom stereocenters. The van der Waals surface area contributed by atoms with Crippen molar-refractivity contribution in [2.75, 3.05) is 19.5 Å². The molecule has 0 radical (unpaired) electrons. The van der Waals surface area contributed by atoms with E-state index in [2.05, 4.69) is 5.32 Å². The van der Waals surface area contributed by atoms with Gasteiger partial charge in [0.15, 0.2) is 0 Å². The highest BCUT2D eigenvalue weighted by Gasteiger charge is 2.14. The van der Waals surface area contributed by atoms with Gasteiger partial charge in [-0.25, -0.2) is 0 Å². The van der Waals surface area contributed by atoms with Gasteiger partial charge in [-0.15, -0.1) is 0 Å². The molecule has 1 amide bonds. The third-order valence-electron chi connectivity index (χ3n) is 3.05. The van der Waals surface area contributed by atoms with E-state index < -0.39 is 0 Å². The molecule has 2 rings (SSSR count). The lowest BCUT2D eigenvalue weighted by Crippen LogP contribution is -2.10. The number of nitrogens with one attached hydrogen (secondary N) is 1. The van der Waals surface area contributed by atoms with Crippen molar-refractivity contribution in [1.29, 1.82) is 0 Å². The first kappa shape index (κ1) is 16.2. The molecule has 0 heterocycles. The number of methoxy groups -OCH3 is 2. The monoisotopic (exact) mass is 317 g/mol. The first-order valence-electron chi connectivity index (χ1n) is 6.96. The second kappa shape index (κ2) is 7.75. The summed E-state index contributed by atoms with van der Waals surface area (Å²) in [5.41, 5.74) is 0.614. The number of rotatable bonds is 6. The van der Waals surface area contributed by atoms with Crippen molar-refractivity contribution >= 4 is 23.4 Å². The number of benzene rings is 2. The Balaban J connectivity index is 2.36. The molecule has 0 bridgehead atoms. The van der Waals surface area contributed by atoms with E-state index in [1.54, 1.807) is 39.0 Å². The molecule has 0 fully saturated rings. The van der Waals surface area contributed by atoms with Gasteiger partial charge in [0, 0.05) is 17.4 Å². The summed E-state index contributed by atoms with van der Waals surface area (Å²) in [4.78, 5) is 13.6. The molecule has 0 unspecified atom stereocenters. The van der Waals surface area contributed by atoms with E-state index in [0.29, 0.717) is 23.6 Å². The summed E-state index contributed by atoms with van der Waals surface area (Å²) in [6.45, 7) is 1.80. The largest absolute Gasteiger partial charge is 0.495 e. The normalized spacial score (nSPS) is 10.1. The minimum Gasteiger partial charge on any atom is -0.495 e. The van der Waals surface area contributed by atoms with E-state index in [0.717, 1.165) is 9.79 Å². The molecule has 2 aromatic carbocycles. The third kappa shape index (κ3) is 3.95. The Morgan fingerprint density at radius 3 is 2.36 bits per heavy atom. The van der Waals surface area contributed by atoms with Crippen LogP contribution in [0.2, 0.25) is 0 Å². The molecule has 5 heteroatoms. The van der Waals surface area contributed by atoms with Crippen LogP contribution >= 0.6 is 11.8 Å². The molecule has 0 saturated heterocycles. The number of carbonyl (C=O) groups excluding carboxylic acids is 1. The van der Waals surface area contributed by atoms with Crippen LogP contribution in [0.25, 0.3) is 0 Å². The first-order valence-corrected chi connectivity index (χ1v) is 7.78. The van der Waals surface area contributed by atoms with Crippen molar-refractivity contribution in [3.8, 4) is 11.5 Å². The van der Waals surface area contributed by atoms with E-state index in [4.69, 9.17) is 9.47 Å². The van der Waals surface area contributed by atoms with Gasteiger partial charge in [0.2, 0.25) is 5.91 Å². The Bertz CT molecular complexity index is 644. The third-order valence-corrected chi connectivity index (χ3v) is 4.10. The smallest absolute Gasteiger partial charge is 0.224 e. The van der Waals surface area contributed by atoms with Crippen molar-refractivity contribution in [1.82, 2.24) is 0 Å². The highest BCUT2D eigenvalue weighted by atomic mass is 32.2. The molecule has 0 aliphatic carbocycles. The Morgan fingerprint density at radius 2 is 1.77 bits per heavy atom. The summed E-state index contributed by atoms with van der Waals surface area (Å²) in [5.74, 6) is 1.24. The van der Waals surface area contributed by atoms with Gasteiger partial charge in [0.25, 0.3) is 0 Å². The lowest BCUT2D eigenvalue weighted by Gasteiger charge is -2.15. The summed E-state index contributed by atoms with van der Waals surface area (Å²) in [5, 5.41) is 2.82. The maximum atomic E-state index is 11.6. The van der Waals surface area contributed by atoms with Crippen LogP contribution in [0.15, 0.2) is 52.3 Å². The summed E-state index contributed by atoms with van der Waals surface area (Å²) >= 11 is 1.58. The van der Waals surface area contributed by atoms with E-state index in [9.17, 15) is 4.79 Å². The Kier molecular flexibility index (Phi) is 5.72. The molecule has 0 aliphatic rings. The van der Waals surface area contributed by atoms with Crippen molar-refractivity contribution in [2.45, 2.75) is 23.1 Å². The van der Waals surface area contributed by atoms with Gasteiger partial charge in [-0.1, -0.05) is 36.9 Å². The second-order valence-corrected chi connectivity index (χ2v) is 5.64. The van der Waals surface area contributed by atoms with Crippen LogP contribution in [0.5, 0.6) is 11.5 Å². The van der Waals surface area contributed by atoms with Crippen molar-refractivity contribution in [3.05, 3.63) is 42.5 Å². The number of hydrogen-bond donors (Lipinski definition) is 1. The zero-order valence-electron chi connectivity index (χ0n) is 12.9. The van der Waals surface area contributed by atoms with Gasteiger partial charge < -0.3 is 14.8 Å². The first-order chi connectivity index (χ1) is 10.7. The Hall–Kier alpha value is -2.14. The molecule has 0 saturated carbocycles. The molecule has 0 aliphatic heterocycles. The fourth-order valence-corrected chi connectivity index (χ4v) is 2.86. The van der Waals surface area contributed by atoms with Crippen molar-refractivity contribution < 1.29 is 14.3 Å². The lowest BCUT2D eigenvalue weighted by molar-refractivity contribution is -0.115. The van der Waals surface area contributed by atoms with E-state index in [1.165, 1.54) is 0 Å². The summed E-state index contributed by atoms with van der Waals surface area (Å²) < 4.78 is 10.8. The van der Waals surface area contributed by atoms with Crippen LogP contribution in [0.1, 0.15) is 13.3 Å². The molecule has 0 spiro atoms. The fourth-order valence-electron chi connectivity index (χ4n) is 1.90. The number of hydrogen-bond acceptors (Lipinski definition) is 4. The highest BCUT2D eigenvalue weighted by Crippen LogP contribution is 2.41. The summed E-state index contributed by atoms with van der Waals surface area (Å²) in [6.07, 6.45) is 0.409. The van der Waals surface area contributed by atoms with Crippen LogP contribution in [-0.2, 0) is 4.79 Å². The van der Waals surface area contributed by atoms with Crippen LogP contribution < -0.4 is 14.8 Å². The predicted molar refractivity (Wildman–Crippen MR) is 89.0 cm³/mol. The van der Waals surface area contributed by atoms with Crippen LogP contribution in [0.3, 0.4) is 0 Å². The molecule has 22 heavy (non-hydrogen) atoms. The Labute approximate surface area is 134 Å². The molecule has 116 valence electrons. The average Bonchev–Trinajstić information content (AvgIpc) is 2.56. The minimum atomic E-state index is -0.0659. The standard InChI is InChI=1S/C17H19NO3S/c1-4-17(19)18-13-10-15(21-3)16(11-14(13)20-2)22-12-8-6-5-7-9-12/h5-11H,4H2,1-3H3,(H,18,19). The summed E-state index contributed by atoms with van der Waals surface area (Å²) in [6, 6.07) is 13.7. The fraction of sp³-hybridized carbons (Fsp3) is 0.235. The van der Waals surface area contributed by atoms with Gasteiger partial charge >= 0.3 is 0 Å². The molecule has 2 aromatic rings. The zero-order chi connectivity index (χ0) is 15.9. The molecule has 4 nitrogen and oxygen atoms in total. The van der Waals surface area contributed by atoms with Crippen LogP contribution in [0.4, 0.5) is 5.69 Å². The Morgan fingerprint density at radius 1 is 1.09 bits per heavy atom. The van der Waals surface area contributed by atoms with E-state index >= 15 is 0 Å². The van der Waals surface area contributed by atoms with Gasteiger partial charge in [-0.3, -0.25) is 4.79 Å². The topological polar surface area (TPSA) is 47.6 Å². The van der Waals surface area contributed by atoms with Gasteiger partial charge in [-0.05, 0) is 18.2 Å².